The molecule has 8 heteroatoms. The standard InChI is InChI=1S/C27H33N3O5/c31-25(11-9-21-8-6-19-4-2-13-28-27(19)29-21)30-14-12-18(3-1-5-26(32)33)15-22(30)20-7-10-23-24(16-20)35-17-34-23/h6-8,10,16,18,22H,1-5,9,11-15,17H2,(H,28,29)(H,32,33). The van der Waals surface area contributed by atoms with Gasteiger partial charge in [-0.15, -0.1) is 0 Å². The van der Waals surface area contributed by atoms with Crippen LogP contribution in [0.5, 0.6) is 11.5 Å². The summed E-state index contributed by atoms with van der Waals surface area (Å²) in [5.74, 6) is 2.17. The Kier molecular flexibility index (Phi) is 7.06. The molecule has 186 valence electrons. The molecule has 1 aromatic heterocycles. The predicted molar refractivity (Wildman–Crippen MR) is 131 cm³/mol. The van der Waals surface area contributed by atoms with E-state index in [1.807, 2.05) is 29.2 Å². The van der Waals surface area contributed by atoms with Crippen LogP contribution < -0.4 is 14.8 Å². The molecule has 0 bridgehead atoms. The minimum atomic E-state index is -0.754. The lowest BCUT2D eigenvalue weighted by molar-refractivity contribution is -0.137. The number of hydrogen-bond acceptors (Lipinski definition) is 6. The van der Waals surface area contributed by atoms with Crippen LogP contribution in [0.15, 0.2) is 30.3 Å². The van der Waals surface area contributed by atoms with E-state index in [0.29, 0.717) is 37.5 Å². The van der Waals surface area contributed by atoms with Crippen molar-refractivity contribution in [1.29, 1.82) is 0 Å². The molecule has 1 amide bonds. The van der Waals surface area contributed by atoms with Crippen molar-refractivity contribution in [2.75, 3.05) is 25.2 Å². The second kappa shape index (κ2) is 10.5. The number of benzene rings is 1. The highest BCUT2D eigenvalue weighted by molar-refractivity contribution is 5.77. The number of rotatable bonds is 8. The average molecular weight is 480 g/mol. The van der Waals surface area contributed by atoms with Crippen molar-refractivity contribution in [3.05, 3.63) is 47.2 Å². The molecular weight excluding hydrogens is 446 g/mol. The molecule has 2 atom stereocenters. The Labute approximate surface area is 205 Å². The van der Waals surface area contributed by atoms with Gasteiger partial charge in [0, 0.05) is 31.6 Å². The molecule has 3 aliphatic heterocycles. The van der Waals surface area contributed by atoms with Crippen LogP contribution in [0.1, 0.15) is 67.8 Å². The number of aryl methyl sites for hydroxylation is 2. The zero-order chi connectivity index (χ0) is 24.2. The van der Waals surface area contributed by atoms with Crippen LogP contribution in [0.2, 0.25) is 0 Å². The Balaban J connectivity index is 1.28. The number of piperidine rings is 1. The van der Waals surface area contributed by atoms with Crippen molar-refractivity contribution in [3.8, 4) is 11.5 Å². The lowest BCUT2D eigenvalue weighted by Crippen LogP contribution is -2.41. The molecule has 1 fully saturated rings. The predicted octanol–water partition coefficient (Wildman–Crippen LogP) is 4.34. The third kappa shape index (κ3) is 5.52. The van der Waals surface area contributed by atoms with Crippen molar-refractivity contribution in [3.63, 3.8) is 0 Å². The zero-order valence-electron chi connectivity index (χ0n) is 20.0. The van der Waals surface area contributed by atoms with Gasteiger partial charge in [-0.05, 0) is 80.2 Å². The van der Waals surface area contributed by atoms with E-state index in [1.54, 1.807) is 0 Å². The minimum absolute atomic E-state index is 0.0567. The van der Waals surface area contributed by atoms with Gasteiger partial charge < -0.3 is 24.8 Å². The van der Waals surface area contributed by atoms with Crippen LogP contribution >= 0.6 is 0 Å². The number of fused-ring (bicyclic) bond motifs is 2. The number of carboxylic acids is 1. The van der Waals surface area contributed by atoms with E-state index in [4.69, 9.17) is 19.6 Å². The number of pyridine rings is 1. The summed E-state index contributed by atoms with van der Waals surface area (Å²) in [5.41, 5.74) is 3.23. The van der Waals surface area contributed by atoms with E-state index < -0.39 is 5.97 Å². The van der Waals surface area contributed by atoms with Gasteiger partial charge in [0.2, 0.25) is 12.7 Å². The molecule has 5 rings (SSSR count). The maximum Gasteiger partial charge on any atom is 0.303 e. The number of amides is 1. The van der Waals surface area contributed by atoms with Gasteiger partial charge in [0.1, 0.15) is 5.82 Å². The summed E-state index contributed by atoms with van der Waals surface area (Å²) in [6.45, 7) is 1.84. The fourth-order valence-corrected chi connectivity index (χ4v) is 5.46. The van der Waals surface area contributed by atoms with Crippen LogP contribution in [-0.2, 0) is 22.4 Å². The number of carbonyl (C=O) groups excluding carboxylic acids is 1. The molecule has 8 nitrogen and oxygen atoms in total. The molecule has 2 aromatic rings. The number of nitrogens with one attached hydrogen (secondary N) is 1. The van der Waals surface area contributed by atoms with Gasteiger partial charge in [0.25, 0.3) is 0 Å². The smallest absolute Gasteiger partial charge is 0.303 e. The molecule has 35 heavy (non-hydrogen) atoms. The molecule has 2 unspecified atom stereocenters. The van der Waals surface area contributed by atoms with Gasteiger partial charge in [-0.1, -0.05) is 12.1 Å². The van der Waals surface area contributed by atoms with E-state index in [1.165, 1.54) is 5.56 Å². The molecule has 2 N–H and O–H groups in total. The van der Waals surface area contributed by atoms with Gasteiger partial charge in [-0.2, -0.15) is 0 Å². The van der Waals surface area contributed by atoms with Crippen LogP contribution in [0.3, 0.4) is 0 Å². The van der Waals surface area contributed by atoms with E-state index in [-0.39, 0.29) is 25.2 Å². The summed E-state index contributed by atoms with van der Waals surface area (Å²) in [6.07, 6.45) is 6.64. The van der Waals surface area contributed by atoms with Gasteiger partial charge in [0.05, 0.1) is 6.04 Å². The van der Waals surface area contributed by atoms with E-state index >= 15 is 0 Å². The summed E-state index contributed by atoms with van der Waals surface area (Å²) in [5, 5.41) is 12.4. The second-order valence-electron chi connectivity index (χ2n) is 9.73. The summed E-state index contributed by atoms with van der Waals surface area (Å²) >= 11 is 0. The summed E-state index contributed by atoms with van der Waals surface area (Å²) in [4.78, 5) is 31.1. The van der Waals surface area contributed by atoms with Crippen LogP contribution in [-0.4, -0.2) is 46.7 Å². The first kappa shape index (κ1) is 23.5. The Morgan fingerprint density at radius 3 is 2.91 bits per heavy atom. The maximum absolute atomic E-state index is 13.4. The molecule has 1 saturated heterocycles. The topological polar surface area (TPSA) is 101 Å². The highest BCUT2D eigenvalue weighted by atomic mass is 16.7. The molecule has 3 aliphatic rings. The lowest BCUT2D eigenvalue weighted by atomic mass is 9.84. The molecule has 0 radical (unpaired) electrons. The molecular formula is C27H33N3O5. The van der Waals surface area contributed by atoms with E-state index in [9.17, 15) is 9.59 Å². The van der Waals surface area contributed by atoms with Crippen molar-refractivity contribution in [2.24, 2.45) is 5.92 Å². The Hall–Kier alpha value is -3.29. The van der Waals surface area contributed by atoms with Crippen molar-refractivity contribution >= 4 is 17.7 Å². The summed E-state index contributed by atoms with van der Waals surface area (Å²) < 4.78 is 11.1. The normalized spacial score (nSPS) is 20.7. The molecule has 0 saturated carbocycles. The van der Waals surface area contributed by atoms with Crippen LogP contribution in [0, 0.1) is 5.92 Å². The number of ether oxygens (including phenoxy) is 2. The largest absolute Gasteiger partial charge is 0.481 e. The zero-order valence-corrected chi connectivity index (χ0v) is 20.0. The first-order chi connectivity index (χ1) is 17.1. The Morgan fingerprint density at radius 2 is 2.03 bits per heavy atom. The van der Waals surface area contributed by atoms with Crippen molar-refractivity contribution < 1.29 is 24.2 Å². The molecule has 0 aliphatic carbocycles. The van der Waals surface area contributed by atoms with Gasteiger partial charge in [0.15, 0.2) is 11.5 Å². The number of anilines is 1. The third-order valence-electron chi connectivity index (χ3n) is 7.36. The first-order valence-corrected chi connectivity index (χ1v) is 12.7. The highest BCUT2D eigenvalue weighted by Crippen LogP contribution is 2.41. The number of hydrogen-bond donors (Lipinski definition) is 2. The number of likely N-dealkylation sites (tertiary alicyclic amines) is 1. The van der Waals surface area contributed by atoms with Crippen molar-refractivity contribution in [2.45, 2.75) is 63.8 Å². The maximum atomic E-state index is 13.4. The monoisotopic (exact) mass is 479 g/mol. The summed E-state index contributed by atoms with van der Waals surface area (Å²) in [7, 11) is 0. The van der Waals surface area contributed by atoms with Crippen LogP contribution in [0.4, 0.5) is 5.82 Å². The number of aromatic nitrogens is 1. The lowest BCUT2D eigenvalue weighted by Gasteiger charge is -2.40. The number of carbonyl (C=O) groups is 2. The minimum Gasteiger partial charge on any atom is -0.481 e. The van der Waals surface area contributed by atoms with Gasteiger partial charge in [-0.25, -0.2) is 4.98 Å². The average Bonchev–Trinajstić information content (AvgIpc) is 3.35. The molecule has 1 aromatic carbocycles. The van der Waals surface area contributed by atoms with Gasteiger partial charge in [-0.3, -0.25) is 9.59 Å². The SMILES string of the molecule is O=C(O)CCCC1CCN(C(=O)CCc2ccc3c(n2)NCCC3)C(c2ccc3c(c2)OCO3)C1. The van der Waals surface area contributed by atoms with E-state index in [0.717, 1.165) is 61.5 Å². The fourth-order valence-electron chi connectivity index (χ4n) is 5.46. The third-order valence-corrected chi connectivity index (χ3v) is 7.36. The number of nitrogens with zero attached hydrogens (tertiary/aromatic N) is 2. The Morgan fingerprint density at radius 1 is 1.14 bits per heavy atom. The highest BCUT2D eigenvalue weighted by Gasteiger charge is 2.33. The van der Waals surface area contributed by atoms with Crippen LogP contribution in [0.25, 0.3) is 0 Å². The quantitative estimate of drug-likeness (QED) is 0.581. The summed E-state index contributed by atoms with van der Waals surface area (Å²) in [6, 6.07) is 10.0. The fraction of sp³-hybridized carbons (Fsp3) is 0.519. The second-order valence-corrected chi connectivity index (χ2v) is 9.73. The van der Waals surface area contributed by atoms with Gasteiger partial charge >= 0.3 is 5.97 Å². The first-order valence-electron chi connectivity index (χ1n) is 12.7. The van der Waals surface area contributed by atoms with Crippen molar-refractivity contribution in [1.82, 2.24) is 9.88 Å². The molecule has 0 spiro atoms. The Bertz CT molecular complexity index is 1090. The number of aliphatic carboxylic acids is 1. The number of carboxylic acid groups (broad SMARTS) is 1. The molecule has 4 heterocycles. The van der Waals surface area contributed by atoms with E-state index in [2.05, 4.69) is 11.4 Å².